The van der Waals surface area contributed by atoms with Gasteiger partial charge in [0.05, 0.1) is 24.2 Å². The molecule has 1 fully saturated rings. The third kappa shape index (κ3) is 3.99. The van der Waals surface area contributed by atoms with Crippen LogP contribution in [0.2, 0.25) is 5.02 Å². The minimum Gasteiger partial charge on any atom is -0.390 e. The van der Waals surface area contributed by atoms with Gasteiger partial charge in [0.1, 0.15) is 0 Å². The van der Waals surface area contributed by atoms with E-state index in [1.807, 2.05) is 24.5 Å². The van der Waals surface area contributed by atoms with Crippen LogP contribution in [0.15, 0.2) is 47.5 Å². The van der Waals surface area contributed by atoms with E-state index < -0.39 is 12.1 Å². The molecule has 4 rings (SSSR count). The maximum atomic E-state index is 12.6. The van der Waals surface area contributed by atoms with Gasteiger partial charge in [-0.05, 0) is 60.4 Å². The number of amides is 1. The van der Waals surface area contributed by atoms with Crippen LogP contribution in [-0.4, -0.2) is 41.4 Å². The maximum Gasteiger partial charge on any atom is 0.251 e. The third-order valence-corrected chi connectivity index (χ3v) is 5.43. The van der Waals surface area contributed by atoms with E-state index in [0.717, 1.165) is 29.9 Å². The molecule has 0 aromatic heterocycles. The predicted molar refractivity (Wildman–Crippen MR) is 107 cm³/mol. The maximum absolute atomic E-state index is 12.6. The summed E-state index contributed by atoms with van der Waals surface area (Å²) in [7, 11) is 0. The van der Waals surface area contributed by atoms with Crippen molar-refractivity contribution in [2.45, 2.75) is 31.4 Å². The molecule has 0 saturated carbocycles. The predicted octanol–water partition coefficient (Wildman–Crippen LogP) is 3.48. The van der Waals surface area contributed by atoms with Gasteiger partial charge in [0.2, 0.25) is 0 Å². The number of nitrogens with zero attached hydrogens (tertiary/aromatic N) is 2. The van der Waals surface area contributed by atoms with Gasteiger partial charge in [0.25, 0.3) is 5.91 Å². The molecule has 0 radical (unpaired) electrons. The van der Waals surface area contributed by atoms with Crippen LogP contribution in [0.1, 0.15) is 40.4 Å². The lowest BCUT2D eigenvalue weighted by atomic mass is 10.1. The molecule has 0 spiro atoms. The molecule has 1 amide bonds. The van der Waals surface area contributed by atoms with Gasteiger partial charge in [-0.1, -0.05) is 17.7 Å². The van der Waals surface area contributed by atoms with E-state index in [0.29, 0.717) is 17.0 Å². The number of fused-ring (bicyclic) bond motifs is 1. The molecule has 0 unspecified atom stereocenters. The second-order valence-electron chi connectivity index (χ2n) is 7.10. The fourth-order valence-corrected chi connectivity index (χ4v) is 3.82. The lowest BCUT2D eigenvalue weighted by molar-refractivity contribution is 0.0858. The van der Waals surface area contributed by atoms with Crippen molar-refractivity contribution in [1.29, 1.82) is 0 Å². The van der Waals surface area contributed by atoms with Crippen LogP contribution in [-0.2, 0) is 6.42 Å². The number of hydrogen-bond acceptors (Lipinski definition) is 3. The summed E-state index contributed by atoms with van der Waals surface area (Å²) in [5.41, 5.74) is 3.33. The highest BCUT2D eigenvalue weighted by atomic mass is 35.5. The average molecular weight is 384 g/mol. The normalized spacial score (nSPS) is 21.6. The van der Waals surface area contributed by atoms with Crippen LogP contribution < -0.4 is 5.32 Å². The van der Waals surface area contributed by atoms with E-state index in [2.05, 4.69) is 15.2 Å². The van der Waals surface area contributed by atoms with E-state index in [-0.39, 0.29) is 5.91 Å². The molecule has 5 nitrogen and oxygen atoms in total. The van der Waals surface area contributed by atoms with E-state index in [1.165, 1.54) is 12.8 Å². The molecule has 1 saturated heterocycles. The number of aliphatic imine (C=N–C) groups is 1. The van der Waals surface area contributed by atoms with Gasteiger partial charge < -0.3 is 15.3 Å². The van der Waals surface area contributed by atoms with Gasteiger partial charge >= 0.3 is 0 Å². The topological polar surface area (TPSA) is 64.9 Å². The molecular weight excluding hydrogens is 362 g/mol. The van der Waals surface area contributed by atoms with Crippen LogP contribution in [0.25, 0.3) is 0 Å². The van der Waals surface area contributed by atoms with Crippen molar-refractivity contribution in [2.75, 3.05) is 13.1 Å². The monoisotopic (exact) mass is 383 g/mol. The Labute approximate surface area is 163 Å². The Bertz CT molecular complexity index is 860. The first kappa shape index (κ1) is 18.0. The smallest absolute Gasteiger partial charge is 0.251 e. The molecule has 2 aliphatic rings. The molecule has 0 bridgehead atoms. The summed E-state index contributed by atoms with van der Waals surface area (Å²) < 4.78 is 0. The Morgan fingerprint density at radius 3 is 2.67 bits per heavy atom. The second-order valence-corrected chi connectivity index (χ2v) is 7.54. The number of benzene rings is 2. The number of hydrogen-bond donors (Lipinski definition) is 2. The fourth-order valence-electron chi connectivity index (χ4n) is 3.69. The highest BCUT2D eigenvalue weighted by Gasteiger charge is 2.32. The van der Waals surface area contributed by atoms with Gasteiger partial charge in [-0.25, -0.2) is 4.99 Å². The van der Waals surface area contributed by atoms with Gasteiger partial charge in [-0.3, -0.25) is 4.79 Å². The number of likely N-dealkylation sites (tertiary alicyclic amines) is 1. The molecular formula is C21H22ClN3O2. The molecule has 1 heterocycles. The fraction of sp³-hybridized carbons (Fsp3) is 0.333. The van der Waals surface area contributed by atoms with E-state index in [9.17, 15) is 9.90 Å². The molecule has 6 heteroatoms. The number of carbonyl (C=O) groups is 1. The molecule has 2 N–H and O–H groups in total. The summed E-state index contributed by atoms with van der Waals surface area (Å²) in [5, 5.41) is 14.0. The number of halogens is 1. The van der Waals surface area contributed by atoms with Gasteiger partial charge in [0.15, 0.2) is 0 Å². The number of rotatable bonds is 4. The Hall–Kier alpha value is -2.37. The van der Waals surface area contributed by atoms with Crippen molar-refractivity contribution in [3.05, 3.63) is 64.2 Å². The molecule has 1 aliphatic heterocycles. The van der Waals surface area contributed by atoms with Gasteiger partial charge in [0, 0.05) is 30.1 Å². The van der Waals surface area contributed by atoms with Crippen molar-refractivity contribution in [3.63, 3.8) is 0 Å². The quantitative estimate of drug-likeness (QED) is 0.627. The zero-order chi connectivity index (χ0) is 18.8. The summed E-state index contributed by atoms with van der Waals surface area (Å²) in [6.07, 6.45) is 4.19. The molecule has 2 atom stereocenters. The number of aliphatic hydroxyl groups is 1. The summed E-state index contributed by atoms with van der Waals surface area (Å²) in [6, 6.07) is 12.2. The summed E-state index contributed by atoms with van der Waals surface area (Å²) >= 11 is 5.88. The molecule has 2 aromatic carbocycles. The van der Waals surface area contributed by atoms with Crippen molar-refractivity contribution < 1.29 is 9.90 Å². The SMILES string of the molecule is O=C(N[C@@H]1c2cc(N=CN3CCCC3)ccc2C[C@H]1O)c1ccc(Cl)cc1. The van der Waals surface area contributed by atoms with Crippen LogP contribution in [0, 0.1) is 0 Å². The third-order valence-electron chi connectivity index (χ3n) is 5.18. The van der Waals surface area contributed by atoms with E-state index >= 15 is 0 Å². The van der Waals surface area contributed by atoms with Crippen LogP contribution in [0.4, 0.5) is 5.69 Å². The average Bonchev–Trinajstić information content (AvgIpc) is 3.29. The van der Waals surface area contributed by atoms with Gasteiger partial charge in [-0.2, -0.15) is 0 Å². The lowest BCUT2D eigenvalue weighted by Crippen LogP contribution is -2.33. The standard InChI is InChI=1S/C21H22ClN3O2/c22-16-6-3-14(4-7-16)21(27)24-20-18-12-17(8-5-15(18)11-19(20)26)23-13-25-9-1-2-10-25/h3-8,12-13,19-20,26H,1-2,9-11H2,(H,24,27)/t19-,20-/m1/s1. The summed E-state index contributed by atoms with van der Waals surface area (Å²) in [6.45, 7) is 2.10. The number of aliphatic hydroxyl groups excluding tert-OH is 1. The second kappa shape index (κ2) is 7.71. The van der Waals surface area contributed by atoms with Crippen LogP contribution in [0.3, 0.4) is 0 Å². The molecule has 1 aliphatic carbocycles. The first-order chi connectivity index (χ1) is 13.1. The minimum atomic E-state index is -0.644. The number of carbonyl (C=O) groups excluding carboxylic acids is 1. The first-order valence-corrected chi connectivity index (χ1v) is 9.63. The van der Waals surface area contributed by atoms with Crippen molar-refractivity contribution in [1.82, 2.24) is 10.2 Å². The molecule has 2 aromatic rings. The van der Waals surface area contributed by atoms with Crippen LogP contribution >= 0.6 is 11.6 Å². The summed E-state index contributed by atoms with van der Waals surface area (Å²) in [4.78, 5) is 19.3. The Morgan fingerprint density at radius 1 is 1.19 bits per heavy atom. The number of nitrogens with one attached hydrogen (secondary N) is 1. The minimum absolute atomic E-state index is 0.227. The summed E-state index contributed by atoms with van der Waals surface area (Å²) in [5.74, 6) is -0.227. The van der Waals surface area contributed by atoms with Gasteiger partial charge in [-0.15, -0.1) is 0 Å². The van der Waals surface area contributed by atoms with Crippen molar-refractivity contribution >= 4 is 29.5 Å². The Morgan fingerprint density at radius 2 is 1.93 bits per heavy atom. The van der Waals surface area contributed by atoms with E-state index in [4.69, 9.17) is 11.6 Å². The van der Waals surface area contributed by atoms with E-state index in [1.54, 1.807) is 24.3 Å². The van der Waals surface area contributed by atoms with Crippen LogP contribution in [0.5, 0.6) is 0 Å². The Balaban J connectivity index is 1.52. The lowest BCUT2D eigenvalue weighted by Gasteiger charge is -2.18. The molecule has 140 valence electrons. The van der Waals surface area contributed by atoms with Crippen molar-refractivity contribution in [2.24, 2.45) is 4.99 Å². The zero-order valence-corrected chi connectivity index (χ0v) is 15.7. The first-order valence-electron chi connectivity index (χ1n) is 9.26. The zero-order valence-electron chi connectivity index (χ0n) is 14.9. The Kier molecular flexibility index (Phi) is 5.14. The highest BCUT2D eigenvalue weighted by molar-refractivity contribution is 6.30. The highest BCUT2D eigenvalue weighted by Crippen LogP contribution is 2.34. The largest absolute Gasteiger partial charge is 0.390 e. The van der Waals surface area contributed by atoms with Crippen molar-refractivity contribution in [3.8, 4) is 0 Å². The molecule has 27 heavy (non-hydrogen) atoms.